The number of carbonyl (C=O) groups is 1. The van der Waals surface area contributed by atoms with Gasteiger partial charge >= 0.3 is 0 Å². The fourth-order valence-electron chi connectivity index (χ4n) is 1.42. The first kappa shape index (κ1) is 12.4. The number of carbonyl (C=O) groups excluding carboxylic acids is 1. The fraction of sp³-hybridized carbons (Fsp3) is 0.545. The zero-order valence-corrected chi connectivity index (χ0v) is 10.2. The molecule has 0 aliphatic rings. The summed E-state index contributed by atoms with van der Waals surface area (Å²) < 4.78 is 0. The number of anilines is 1. The van der Waals surface area contributed by atoms with Crippen LogP contribution in [0.5, 0.6) is 0 Å². The molecule has 1 rings (SSSR count). The lowest BCUT2D eigenvalue weighted by molar-refractivity contribution is 0.0955. The minimum atomic E-state index is -0.189. The first-order chi connectivity index (χ1) is 7.63. The normalized spacial score (nSPS) is 12.0. The second-order valence-electron chi connectivity index (χ2n) is 3.67. The predicted molar refractivity (Wildman–Crippen MR) is 63.7 cm³/mol. The van der Waals surface area contributed by atoms with Crippen molar-refractivity contribution in [3.8, 4) is 0 Å². The lowest BCUT2D eigenvalue weighted by Crippen LogP contribution is -2.22. The maximum Gasteiger partial charge on any atom is 0.271 e. The van der Waals surface area contributed by atoms with E-state index in [9.17, 15) is 4.79 Å². The number of rotatable bonds is 4. The first-order valence-corrected chi connectivity index (χ1v) is 5.41. The van der Waals surface area contributed by atoms with E-state index < -0.39 is 0 Å². The summed E-state index contributed by atoms with van der Waals surface area (Å²) in [7, 11) is 3.38. The van der Waals surface area contributed by atoms with E-state index in [0.717, 1.165) is 12.0 Å². The Morgan fingerprint density at radius 3 is 2.62 bits per heavy atom. The monoisotopic (exact) mass is 222 g/mol. The highest BCUT2D eigenvalue weighted by molar-refractivity contribution is 5.93. The zero-order valence-electron chi connectivity index (χ0n) is 10.2. The number of nitrogens with zero attached hydrogens (tertiary/aromatic N) is 2. The number of nitrogens with one attached hydrogen (secondary N) is 2. The summed E-state index contributed by atoms with van der Waals surface area (Å²) in [5, 5.41) is 13.4. The third-order valence-corrected chi connectivity index (χ3v) is 2.66. The van der Waals surface area contributed by atoms with Crippen LogP contribution in [-0.4, -0.2) is 30.2 Å². The summed E-state index contributed by atoms with van der Waals surface area (Å²) in [6.07, 6.45) is 0.957. The smallest absolute Gasteiger partial charge is 0.271 e. The molecule has 0 aromatic carbocycles. The quantitative estimate of drug-likeness (QED) is 0.808. The van der Waals surface area contributed by atoms with Crippen molar-refractivity contribution in [2.45, 2.75) is 26.2 Å². The molecular weight excluding hydrogens is 204 g/mol. The van der Waals surface area contributed by atoms with Crippen LogP contribution in [-0.2, 0) is 0 Å². The van der Waals surface area contributed by atoms with Crippen molar-refractivity contribution < 1.29 is 4.79 Å². The minimum absolute atomic E-state index is 0.189. The molecule has 5 nitrogen and oxygen atoms in total. The Morgan fingerprint density at radius 1 is 1.44 bits per heavy atom. The van der Waals surface area contributed by atoms with E-state index in [4.69, 9.17) is 0 Å². The Morgan fingerprint density at radius 2 is 2.12 bits per heavy atom. The SMILES string of the molecule is CCC(C)c1cc(NC)nnc1C(=O)NC. The van der Waals surface area contributed by atoms with E-state index in [1.165, 1.54) is 0 Å². The average molecular weight is 222 g/mol. The van der Waals surface area contributed by atoms with Crippen LogP contribution >= 0.6 is 0 Å². The highest BCUT2D eigenvalue weighted by Gasteiger charge is 2.17. The molecule has 1 amide bonds. The number of hydrogen-bond donors (Lipinski definition) is 2. The van der Waals surface area contributed by atoms with Crippen molar-refractivity contribution >= 4 is 11.7 Å². The summed E-state index contributed by atoms with van der Waals surface area (Å²) >= 11 is 0. The van der Waals surface area contributed by atoms with Gasteiger partial charge < -0.3 is 10.6 Å². The molecule has 0 radical (unpaired) electrons. The van der Waals surface area contributed by atoms with Crippen LogP contribution in [0.15, 0.2) is 6.07 Å². The summed E-state index contributed by atoms with van der Waals surface area (Å²) in [4.78, 5) is 11.6. The van der Waals surface area contributed by atoms with Crippen molar-refractivity contribution in [3.63, 3.8) is 0 Å². The fourth-order valence-corrected chi connectivity index (χ4v) is 1.42. The molecule has 1 unspecified atom stereocenters. The van der Waals surface area contributed by atoms with Crippen LogP contribution in [0.4, 0.5) is 5.82 Å². The molecule has 0 saturated heterocycles. The molecule has 1 aromatic heterocycles. The highest BCUT2D eigenvalue weighted by atomic mass is 16.1. The lowest BCUT2D eigenvalue weighted by atomic mass is 9.97. The van der Waals surface area contributed by atoms with E-state index in [0.29, 0.717) is 11.5 Å². The topological polar surface area (TPSA) is 66.9 Å². The van der Waals surface area contributed by atoms with Gasteiger partial charge in [0, 0.05) is 14.1 Å². The number of hydrogen-bond acceptors (Lipinski definition) is 4. The molecule has 0 saturated carbocycles. The molecule has 0 spiro atoms. The van der Waals surface area contributed by atoms with E-state index in [1.54, 1.807) is 14.1 Å². The molecule has 1 heterocycles. The predicted octanol–water partition coefficient (Wildman–Crippen LogP) is 1.39. The lowest BCUT2D eigenvalue weighted by Gasteiger charge is -2.13. The molecule has 88 valence electrons. The molecule has 5 heteroatoms. The zero-order chi connectivity index (χ0) is 12.1. The van der Waals surface area contributed by atoms with Crippen molar-refractivity contribution in [3.05, 3.63) is 17.3 Å². The van der Waals surface area contributed by atoms with Crippen LogP contribution in [0.25, 0.3) is 0 Å². The van der Waals surface area contributed by atoms with Crippen LogP contribution in [0, 0.1) is 0 Å². The van der Waals surface area contributed by atoms with Gasteiger partial charge in [-0.25, -0.2) is 0 Å². The van der Waals surface area contributed by atoms with Crippen LogP contribution in [0.1, 0.15) is 42.2 Å². The minimum Gasteiger partial charge on any atom is -0.372 e. The van der Waals surface area contributed by atoms with E-state index in [-0.39, 0.29) is 11.8 Å². The first-order valence-electron chi connectivity index (χ1n) is 5.41. The van der Waals surface area contributed by atoms with Gasteiger partial charge in [0.2, 0.25) is 0 Å². The van der Waals surface area contributed by atoms with Crippen molar-refractivity contribution in [2.75, 3.05) is 19.4 Å². The largest absolute Gasteiger partial charge is 0.372 e. The van der Waals surface area contributed by atoms with Crippen molar-refractivity contribution in [1.82, 2.24) is 15.5 Å². The molecule has 1 aromatic rings. The molecule has 0 aliphatic heterocycles. The van der Waals surface area contributed by atoms with Gasteiger partial charge in [-0.3, -0.25) is 4.79 Å². The molecule has 2 N–H and O–H groups in total. The van der Waals surface area contributed by atoms with Crippen LogP contribution < -0.4 is 10.6 Å². The summed E-state index contributed by atoms with van der Waals surface area (Å²) in [6.45, 7) is 4.15. The van der Waals surface area contributed by atoms with E-state index in [2.05, 4.69) is 34.7 Å². The van der Waals surface area contributed by atoms with Gasteiger partial charge in [-0.15, -0.1) is 10.2 Å². The maximum absolute atomic E-state index is 11.6. The molecular formula is C11H18N4O. The maximum atomic E-state index is 11.6. The third-order valence-electron chi connectivity index (χ3n) is 2.66. The van der Waals surface area contributed by atoms with Gasteiger partial charge in [0.25, 0.3) is 5.91 Å². The summed E-state index contributed by atoms with van der Waals surface area (Å²) in [6, 6.07) is 1.88. The van der Waals surface area contributed by atoms with Gasteiger partial charge in [0.1, 0.15) is 5.82 Å². The summed E-state index contributed by atoms with van der Waals surface area (Å²) in [5.41, 5.74) is 1.34. The van der Waals surface area contributed by atoms with Crippen LogP contribution in [0.3, 0.4) is 0 Å². The summed E-state index contributed by atoms with van der Waals surface area (Å²) in [5.74, 6) is 0.781. The van der Waals surface area contributed by atoms with Gasteiger partial charge in [0.15, 0.2) is 5.69 Å². The Hall–Kier alpha value is -1.65. The Labute approximate surface area is 95.7 Å². The van der Waals surface area contributed by atoms with Crippen molar-refractivity contribution in [2.24, 2.45) is 0 Å². The van der Waals surface area contributed by atoms with Crippen LogP contribution in [0.2, 0.25) is 0 Å². The number of aromatic nitrogens is 2. The highest BCUT2D eigenvalue weighted by Crippen LogP contribution is 2.23. The second-order valence-corrected chi connectivity index (χ2v) is 3.67. The standard InChI is InChI=1S/C11H18N4O/c1-5-7(2)8-6-9(12-3)14-15-10(8)11(16)13-4/h6-7H,5H2,1-4H3,(H,12,14)(H,13,16). The van der Waals surface area contributed by atoms with Gasteiger partial charge in [-0.05, 0) is 24.0 Å². The molecule has 16 heavy (non-hydrogen) atoms. The Kier molecular flexibility index (Phi) is 4.22. The van der Waals surface area contributed by atoms with E-state index >= 15 is 0 Å². The number of amides is 1. The van der Waals surface area contributed by atoms with Gasteiger partial charge in [0.05, 0.1) is 0 Å². The average Bonchev–Trinajstić information content (AvgIpc) is 2.36. The van der Waals surface area contributed by atoms with Gasteiger partial charge in [-0.1, -0.05) is 13.8 Å². The van der Waals surface area contributed by atoms with E-state index in [1.807, 2.05) is 6.07 Å². The molecule has 0 aliphatic carbocycles. The third kappa shape index (κ3) is 2.48. The Balaban J connectivity index is 3.21. The second kappa shape index (κ2) is 5.44. The molecule has 0 bridgehead atoms. The van der Waals surface area contributed by atoms with Crippen molar-refractivity contribution in [1.29, 1.82) is 0 Å². The Bertz CT molecular complexity index is 378. The molecule has 1 atom stereocenters. The molecule has 0 fully saturated rings. The van der Waals surface area contributed by atoms with Gasteiger partial charge in [-0.2, -0.15) is 0 Å².